The minimum Gasteiger partial charge on any atom is -0.206 e. The van der Waals surface area contributed by atoms with Gasteiger partial charge >= 0.3 is 0 Å². The monoisotopic (exact) mass is 340 g/mol. The van der Waals surface area contributed by atoms with Crippen molar-refractivity contribution in [3.05, 3.63) is 34.1 Å². The van der Waals surface area contributed by atoms with E-state index in [1.807, 2.05) is 0 Å². The van der Waals surface area contributed by atoms with Crippen molar-refractivity contribution in [2.24, 2.45) is 5.41 Å². The molecule has 1 aromatic rings. The summed E-state index contributed by atoms with van der Waals surface area (Å²) < 4.78 is 13.6. The minimum atomic E-state index is -0.244. The summed E-state index contributed by atoms with van der Waals surface area (Å²) in [5.74, 6) is 0.810. The molecule has 0 heterocycles. The molecule has 1 aromatic carbocycles. The number of rotatable bonds is 6. The van der Waals surface area contributed by atoms with Crippen molar-refractivity contribution in [3.63, 3.8) is 0 Å². The van der Waals surface area contributed by atoms with Crippen LogP contribution in [0.5, 0.6) is 0 Å². The summed E-state index contributed by atoms with van der Waals surface area (Å²) >= 11 is 15.3. The molecular weight excluding hydrogens is 326 g/mol. The minimum absolute atomic E-state index is 0.0882. The predicted octanol–water partition coefficient (Wildman–Crippen LogP) is 5.39. The molecule has 17 heavy (non-hydrogen) atoms. The average Bonchev–Trinajstić information content (AvgIpc) is 2.33. The molecule has 0 radical (unpaired) electrons. The van der Waals surface area contributed by atoms with E-state index in [4.69, 9.17) is 23.2 Å². The molecule has 0 fully saturated rings. The molecule has 0 aliphatic heterocycles. The van der Waals surface area contributed by atoms with Gasteiger partial charge in [0, 0.05) is 17.2 Å². The van der Waals surface area contributed by atoms with E-state index >= 15 is 0 Å². The van der Waals surface area contributed by atoms with Gasteiger partial charge in [-0.1, -0.05) is 19.4 Å². The van der Waals surface area contributed by atoms with Gasteiger partial charge in [-0.3, -0.25) is 0 Å². The van der Waals surface area contributed by atoms with Crippen LogP contribution < -0.4 is 0 Å². The maximum atomic E-state index is 13.1. The Morgan fingerprint density at radius 3 is 2.41 bits per heavy atom. The molecule has 0 unspecified atom stereocenters. The molecule has 4 heteroatoms. The molecule has 1 rings (SSSR count). The first-order valence-electron chi connectivity index (χ1n) is 5.63. The highest BCUT2D eigenvalue weighted by molar-refractivity contribution is 9.10. The van der Waals surface area contributed by atoms with E-state index in [2.05, 4.69) is 22.9 Å². The molecule has 96 valence electrons. The molecule has 0 aliphatic carbocycles. The zero-order valence-corrected chi connectivity index (χ0v) is 12.9. The Balaban J connectivity index is 2.89. The van der Waals surface area contributed by atoms with Gasteiger partial charge < -0.3 is 0 Å². The van der Waals surface area contributed by atoms with Crippen LogP contribution in [0.4, 0.5) is 4.39 Å². The van der Waals surface area contributed by atoms with Crippen molar-refractivity contribution in [2.75, 3.05) is 11.8 Å². The Bertz CT molecular complexity index is 364. The summed E-state index contributed by atoms with van der Waals surface area (Å²) in [5, 5.41) is 0. The Morgan fingerprint density at radius 1 is 1.29 bits per heavy atom. The summed E-state index contributed by atoms with van der Waals surface area (Å²) in [4.78, 5) is 0. The van der Waals surface area contributed by atoms with Crippen molar-refractivity contribution < 1.29 is 4.39 Å². The third kappa shape index (κ3) is 4.11. The second kappa shape index (κ2) is 6.96. The lowest BCUT2D eigenvalue weighted by Gasteiger charge is -2.29. The second-order valence-corrected chi connectivity index (χ2v) is 5.83. The standard InChI is InChI=1S/C13H16BrCl2F/c1-2-5-13(8-15,9-16)7-10-3-4-12(17)11(14)6-10/h3-4,6H,2,5,7-9H2,1H3. The van der Waals surface area contributed by atoms with E-state index in [0.29, 0.717) is 16.2 Å². The quantitative estimate of drug-likeness (QED) is 0.608. The number of benzene rings is 1. The van der Waals surface area contributed by atoms with Crippen molar-refractivity contribution >= 4 is 39.1 Å². The molecule has 0 N–H and O–H groups in total. The topological polar surface area (TPSA) is 0 Å². The van der Waals surface area contributed by atoms with Gasteiger partial charge in [-0.15, -0.1) is 23.2 Å². The van der Waals surface area contributed by atoms with Crippen LogP contribution >= 0.6 is 39.1 Å². The van der Waals surface area contributed by atoms with Crippen molar-refractivity contribution in [2.45, 2.75) is 26.2 Å². The Labute approximate surface area is 121 Å². The highest BCUT2D eigenvalue weighted by Gasteiger charge is 2.27. The van der Waals surface area contributed by atoms with Gasteiger partial charge in [-0.25, -0.2) is 4.39 Å². The molecule has 0 atom stereocenters. The van der Waals surface area contributed by atoms with E-state index in [1.54, 1.807) is 12.1 Å². The van der Waals surface area contributed by atoms with Gasteiger partial charge in [0.1, 0.15) is 5.82 Å². The van der Waals surface area contributed by atoms with E-state index in [1.165, 1.54) is 6.07 Å². The second-order valence-electron chi connectivity index (χ2n) is 4.44. The summed E-state index contributed by atoms with van der Waals surface area (Å²) in [5.41, 5.74) is 0.975. The molecule has 0 nitrogen and oxygen atoms in total. The van der Waals surface area contributed by atoms with Gasteiger partial charge in [-0.2, -0.15) is 0 Å². The van der Waals surface area contributed by atoms with Crippen LogP contribution in [-0.4, -0.2) is 11.8 Å². The van der Waals surface area contributed by atoms with Gasteiger partial charge in [0.15, 0.2) is 0 Å². The fourth-order valence-electron chi connectivity index (χ4n) is 1.97. The number of alkyl halides is 2. The van der Waals surface area contributed by atoms with Crippen LogP contribution in [0.1, 0.15) is 25.3 Å². The number of hydrogen-bond donors (Lipinski definition) is 0. The highest BCUT2D eigenvalue weighted by Crippen LogP contribution is 2.32. The van der Waals surface area contributed by atoms with Crippen LogP contribution in [0.3, 0.4) is 0 Å². The number of halogens is 4. The Hall–Kier alpha value is 0.210. The lowest BCUT2D eigenvalue weighted by atomic mass is 9.81. The number of hydrogen-bond acceptors (Lipinski definition) is 0. The van der Waals surface area contributed by atoms with Crippen LogP contribution in [0.25, 0.3) is 0 Å². The van der Waals surface area contributed by atoms with Crippen LogP contribution in [0.2, 0.25) is 0 Å². The first-order chi connectivity index (χ1) is 8.06. The molecule has 0 saturated heterocycles. The lowest BCUT2D eigenvalue weighted by Crippen LogP contribution is -2.28. The van der Waals surface area contributed by atoms with Crippen LogP contribution in [-0.2, 0) is 6.42 Å². The lowest BCUT2D eigenvalue weighted by molar-refractivity contribution is 0.341. The predicted molar refractivity (Wildman–Crippen MR) is 76.6 cm³/mol. The smallest absolute Gasteiger partial charge is 0.137 e. The van der Waals surface area contributed by atoms with E-state index < -0.39 is 0 Å². The van der Waals surface area contributed by atoms with Crippen molar-refractivity contribution in [3.8, 4) is 0 Å². The first-order valence-corrected chi connectivity index (χ1v) is 7.49. The molecule has 0 bridgehead atoms. The Morgan fingerprint density at radius 2 is 1.94 bits per heavy atom. The molecule has 0 aliphatic rings. The van der Waals surface area contributed by atoms with Gasteiger partial charge in [-0.05, 0) is 46.5 Å². The first kappa shape index (κ1) is 15.3. The molecule has 0 amide bonds. The summed E-state index contributed by atoms with van der Waals surface area (Å²) in [7, 11) is 0. The third-order valence-corrected chi connectivity index (χ3v) is 4.65. The summed E-state index contributed by atoms with van der Waals surface area (Å²) in [6.07, 6.45) is 2.81. The van der Waals surface area contributed by atoms with Crippen LogP contribution in [0.15, 0.2) is 22.7 Å². The molecule has 0 aromatic heterocycles. The van der Waals surface area contributed by atoms with E-state index in [-0.39, 0.29) is 11.2 Å². The van der Waals surface area contributed by atoms with Gasteiger partial charge in [0.25, 0.3) is 0 Å². The van der Waals surface area contributed by atoms with Gasteiger partial charge in [0.2, 0.25) is 0 Å². The van der Waals surface area contributed by atoms with Crippen molar-refractivity contribution in [1.82, 2.24) is 0 Å². The highest BCUT2D eigenvalue weighted by atomic mass is 79.9. The molecule has 0 saturated carbocycles. The van der Waals surface area contributed by atoms with Crippen molar-refractivity contribution in [1.29, 1.82) is 0 Å². The zero-order valence-electron chi connectivity index (χ0n) is 9.78. The van der Waals surface area contributed by atoms with Gasteiger partial charge in [0.05, 0.1) is 4.47 Å². The van der Waals surface area contributed by atoms with Crippen LogP contribution in [0, 0.1) is 11.2 Å². The SMILES string of the molecule is CCCC(CCl)(CCl)Cc1ccc(F)c(Br)c1. The normalized spacial score (nSPS) is 11.8. The third-order valence-electron chi connectivity index (χ3n) is 2.91. The Kier molecular flexibility index (Phi) is 6.25. The maximum absolute atomic E-state index is 13.1. The zero-order chi connectivity index (χ0) is 12.9. The fraction of sp³-hybridized carbons (Fsp3) is 0.538. The largest absolute Gasteiger partial charge is 0.206 e. The summed E-state index contributed by atoms with van der Waals surface area (Å²) in [6.45, 7) is 2.12. The fourth-order valence-corrected chi connectivity index (χ4v) is 3.13. The van der Waals surface area contributed by atoms with E-state index in [0.717, 1.165) is 24.8 Å². The maximum Gasteiger partial charge on any atom is 0.137 e. The van der Waals surface area contributed by atoms with E-state index in [9.17, 15) is 4.39 Å². The molecular formula is C13H16BrCl2F. The molecule has 0 spiro atoms. The average molecular weight is 342 g/mol. The summed E-state index contributed by atoms with van der Waals surface area (Å²) in [6, 6.07) is 5.07.